The van der Waals surface area contributed by atoms with Crippen LogP contribution >= 0.6 is 23.4 Å². The molecule has 0 aliphatic heterocycles. The third kappa shape index (κ3) is 5.14. The van der Waals surface area contributed by atoms with Gasteiger partial charge in [0.2, 0.25) is 0 Å². The van der Waals surface area contributed by atoms with Gasteiger partial charge in [-0.3, -0.25) is 0 Å². The smallest absolute Gasteiger partial charge is 0.119 e. The fourth-order valence-electron chi connectivity index (χ4n) is 1.99. The maximum Gasteiger partial charge on any atom is 0.119 e. The van der Waals surface area contributed by atoms with E-state index in [0.717, 1.165) is 11.3 Å². The summed E-state index contributed by atoms with van der Waals surface area (Å²) in [4.78, 5) is 4.38. The molecule has 0 aliphatic carbocycles. The van der Waals surface area contributed by atoms with Crippen molar-refractivity contribution in [2.24, 2.45) is 0 Å². The van der Waals surface area contributed by atoms with Crippen molar-refractivity contribution in [2.75, 3.05) is 12.4 Å². The number of rotatable bonds is 6. The predicted octanol–water partition coefficient (Wildman–Crippen LogP) is 3.76. The molecule has 6 heteroatoms. The number of halogens is 1. The third-order valence-electron chi connectivity index (χ3n) is 3.09. The van der Waals surface area contributed by atoms with E-state index in [9.17, 15) is 10.4 Å². The summed E-state index contributed by atoms with van der Waals surface area (Å²) >= 11 is 7.17. The summed E-state index contributed by atoms with van der Waals surface area (Å²) in [6.45, 7) is 3.94. The van der Waals surface area contributed by atoms with Crippen LogP contribution < -0.4 is 4.74 Å². The van der Waals surface area contributed by atoms with Crippen LogP contribution in [0.15, 0.2) is 35.4 Å². The first-order valence-corrected chi connectivity index (χ1v) is 8.43. The van der Waals surface area contributed by atoms with Crippen molar-refractivity contribution in [3.05, 3.63) is 52.2 Å². The van der Waals surface area contributed by atoms with E-state index in [-0.39, 0.29) is 6.61 Å². The highest BCUT2D eigenvalue weighted by Crippen LogP contribution is 2.24. The number of aliphatic hydroxyl groups is 1. The van der Waals surface area contributed by atoms with Crippen molar-refractivity contribution in [3.63, 3.8) is 0 Å². The molecule has 23 heavy (non-hydrogen) atoms. The molecular formula is C17H17ClN2O2S. The molecule has 0 saturated heterocycles. The molecule has 1 aromatic heterocycles. The lowest BCUT2D eigenvalue weighted by atomic mass is 10.1. The SMILES string of the molecule is Cc1cc(C)c(C#N)c(SCC(O)COc2ccc(Cl)cc2)n1. The molecule has 0 aliphatic rings. The van der Waals surface area contributed by atoms with Gasteiger partial charge in [-0.05, 0) is 49.7 Å². The molecule has 4 nitrogen and oxygen atoms in total. The van der Waals surface area contributed by atoms with E-state index in [4.69, 9.17) is 16.3 Å². The Morgan fingerprint density at radius 1 is 1.35 bits per heavy atom. The topological polar surface area (TPSA) is 66.1 Å². The van der Waals surface area contributed by atoms with E-state index in [1.54, 1.807) is 24.3 Å². The van der Waals surface area contributed by atoms with E-state index in [2.05, 4.69) is 11.1 Å². The molecule has 0 saturated carbocycles. The molecule has 0 spiro atoms. The number of nitrogens with zero attached hydrogens (tertiary/aromatic N) is 2. The van der Waals surface area contributed by atoms with Crippen LogP contribution in [0.5, 0.6) is 5.75 Å². The third-order valence-corrected chi connectivity index (χ3v) is 4.46. The van der Waals surface area contributed by atoms with Crippen LogP contribution in [0.3, 0.4) is 0 Å². The molecule has 120 valence electrons. The van der Waals surface area contributed by atoms with Crippen LogP contribution in [-0.4, -0.2) is 28.6 Å². The largest absolute Gasteiger partial charge is 0.491 e. The first-order chi connectivity index (χ1) is 11.0. The number of thioether (sulfide) groups is 1. The van der Waals surface area contributed by atoms with Gasteiger partial charge in [-0.25, -0.2) is 4.98 Å². The lowest BCUT2D eigenvalue weighted by Gasteiger charge is -2.13. The molecule has 1 aromatic carbocycles. The number of aryl methyl sites for hydroxylation is 2. The minimum atomic E-state index is -0.662. The Kier molecular flexibility index (Phi) is 6.28. The van der Waals surface area contributed by atoms with Gasteiger partial charge in [-0.1, -0.05) is 11.6 Å². The highest BCUT2D eigenvalue weighted by molar-refractivity contribution is 7.99. The Morgan fingerprint density at radius 3 is 2.70 bits per heavy atom. The van der Waals surface area contributed by atoms with E-state index in [1.165, 1.54) is 11.8 Å². The van der Waals surface area contributed by atoms with Crippen LogP contribution in [0.25, 0.3) is 0 Å². The monoisotopic (exact) mass is 348 g/mol. The standard InChI is InChI=1S/C17H17ClN2O2S/c1-11-7-12(2)20-17(16(11)8-19)23-10-14(21)9-22-15-5-3-13(18)4-6-15/h3-7,14,21H,9-10H2,1-2H3. The highest BCUT2D eigenvalue weighted by Gasteiger charge is 2.12. The van der Waals surface area contributed by atoms with E-state index in [0.29, 0.717) is 27.1 Å². The number of aromatic nitrogens is 1. The Morgan fingerprint density at radius 2 is 2.04 bits per heavy atom. The summed E-state index contributed by atoms with van der Waals surface area (Å²) in [5, 5.41) is 20.6. The minimum absolute atomic E-state index is 0.168. The van der Waals surface area contributed by atoms with E-state index >= 15 is 0 Å². The molecule has 1 unspecified atom stereocenters. The quantitative estimate of drug-likeness (QED) is 0.805. The predicted molar refractivity (Wildman–Crippen MR) is 92.1 cm³/mol. The first kappa shape index (κ1) is 17.6. The van der Waals surface area contributed by atoms with Crippen molar-refractivity contribution >= 4 is 23.4 Å². The van der Waals surface area contributed by atoms with E-state index < -0.39 is 6.10 Å². The molecule has 2 rings (SSSR count). The molecule has 1 atom stereocenters. The van der Waals surface area contributed by atoms with Crippen LogP contribution in [0.1, 0.15) is 16.8 Å². The molecular weight excluding hydrogens is 332 g/mol. The van der Waals surface area contributed by atoms with Crippen molar-refractivity contribution in [1.29, 1.82) is 5.26 Å². The normalized spacial score (nSPS) is 11.8. The number of nitriles is 1. The van der Waals surface area contributed by atoms with Crippen LogP contribution in [0.4, 0.5) is 0 Å². The number of aliphatic hydroxyl groups excluding tert-OH is 1. The maximum absolute atomic E-state index is 10.0. The Balaban J connectivity index is 1.91. The minimum Gasteiger partial charge on any atom is -0.491 e. The lowest BCUT2D eigenvalue weighted by molar-refractivity contribution is 0.126. The van der Waals surface area contributed by atoms with Crippen molar-refractivity contribution in [1.82, 2.24) is 4.98 Å². The van der Waals surface area contributed by atoms with Gasteiger partial charge in [0.15, 0.2) is 0 Å². The van der Waals surface area contributed by atoms with Gasteiger partial charge in [-0.15, -0.1) is 11.8 Å². The van der Waals surface area contributed by atoms with Gasteiger partial charge >= 0.3 is 0 Å². The number of pyridine rings is 1. The number of hydrogen-bond acceptors (Lipinski definition) is 5. The summed E-state index contributed by atoms with van der Waals surface area (Å²) in [7, 11) is 0. The number of ether oxygens (including phenoxy) is 1. The molecule has 0 amide bonds. The fraction of sp³-hybridized carbons (Fsp3) is 0.294. The number of benzene rings is 1. The average molecular weight is 349 g/mol. The van der Waals surface area contributed by atoms with Gasteiger partial charge in [0.25, 0.3) is 0 Å². The Bertz CT molecular complexity index is 714. The second-order valence-corrected chi connectivity index (χ2v) is 6.55. The zero-order chi connectivity index (χ0) is 16.8. The van der Waals surface area contributed by atoms with Crippen LogP contribution in [0.2, 0.25) is 5.02 Å². The highest BCUT2D eigenvalue weighted by atomic mass is 35.5. The van der Waals surface area contributed by atoms with Gasteiger partial charge in [-0.2, -0.15) is 5.26 Å². The van der Waals surface area contributed by atoms with E-state index in [1.807, 2.05) is 19.9 Å². The molecule has 2 aromatic rings. The lowest BCUT2D eigenvalue weighted by Crippen LogP contribution is -2.20. The molecule has 1 heterocycles. The van der Waals surface area contributed by atoms with Gasteiger partial charge < -0.3 is 9.84 Å². The Hall–Kier alpha value is -1.74. The molecule has 0 fully saturated rings. The average Bonchev–Trinajstić information content (AvgIpc) is 2.52. The molecule has 1 N–H and O–H groups in total. The first-order valence-electron chi connectivity index (χ1n) is 7.07. The molecule has 0 radical (unpaired) electrons. The molecule has 0 bridgehead atoms. The maximum atomic E-state index is 10.0. The summed E-state index contributed by atoms with van der Waals surface area (Å²) < 4.78 is 5.51. The zero-order valence-electron chi connectivity index (χ0n) is 12.9. The van der Waals surface area contributed by atoms with Crippen LogP contribution in [0, 0.1) is 25.2 Å². The summed E-state index contributed by atoms with van der Waals surface area (Å²) in [6.07, 6.45) is -0.662. The van der Waals surface area contributed by atoms with Crippen LogP contribution in [-0.2, 0) is 0 Å². The van der Waals surface area contributed by atoms with Gasteiger partial charge in [0, 0.05) is 16.5 Å². The summed E-state index contributed by atoms with van der Waals surface area (Å²) in [5.41, 5.74) is 2.32. The second-order valence-electron chi connectivity index (χ2n) is 5.10. The summed E-state index contributed by atoms with van der Waals surface area (Å²) in [5.74, 6) is 1.05. The Labute approximate surface area is 145 Å². The zero-order valence-corrected chi connectivity index (χ0v) is 14.5. The van der Waals surface area contributed by atoms with Crippen molar-refractivity contribution < 1.29 is 9.84 Å². The van der Waals surface area contributed by atoms with Gasteiger partial charge in [0.05, 0.1) is 11.7 Å². The second kappa shape index (κ2) is 8.21. The summed E-state index contributed by atoms with van der Waals surface area (Å²) in [6, 6.07) is 11.0. The van der Waals surface area contributed by atoms with Crippen molar-refractivity contribution in [3.8, 4) is 11.8 Å². The van der Waals surface area contributed by atoms with Crippen molar-refractivity contribution in [2.45, 2.75) is 25.0 Å². The number of hydrogen-bond donors (Lipinski definition) is 1. The van der Waals surface area contributed by atoms with Gasteiger partial charge in [0.1, 0.15) is 23.5 Å². The fourth-order valence-corrected chi connectivity index (χ4v) is 3.12.